The van der Waals surface area contributed by atoms with E-state index >= 15 is 0 Å². The number of Topliss-reactive ketones (excluding diaryl/α,β-unsaturated/α-hetero) is 1. The number of hydrogen-bond acceptors (Lipinski definition) is 3. The number of ketones is 1. The molecule has 0 amide bonds. The van der Waals surface area contributed by atoms with Crippen LogP contribution >= 0.6 is 0 Å². The maximum atomic E-state index is 11.3. The quantitative estimate of drug-likeness (QED) is 0.708. The summed E-state index contributed by atoms with van der Waals surface area (Å²) < 4.78 is 5.14. The van der Waals surface area contributed by atoms with Crippen LogP contribution in [-0.2, 0) is 6.42 Å². The van der Waals surface area contributed by atoms with Crippen LogP contribution in [0.3, 0.4) is 0 Å². The Labute approximate surface area is 81.9 Å². The second-order valence-electron chi connectivity index (χ2n) is 3.19. The van der Waals surface area contributed by atoms with E-state index in [1.165, 1.54) is 0 Å². The first-order valence-electron chi connectivity index (χ1n) is 4.47. The number of benzene rings is 1. The molecule has 70 valence electrons. The predicted octanol–water partition coefficient (Wildman–Crippen LogP) is 1.72. The van der Waals surface area contributed by atoms with E-state index in [0.29, 0.717) is 12.2 Å². The van der Waals surface area contributed by atoms with Gasteiger partial charge in [-0.3, -0.25) is 4.79 Å². The normalized spacial score (nSPS) is 13.5. The molecule has 0 spiro atoms. The number of nitrogens with zero attached hydrogens (tertiary/aromatic N) is 1. The van der Waals surface area contributed by atoms with Gasteiger partial charge < -0.3 is 4.74 Å². The van der Waals surface area contributed by atoms with Gasteiger partial charge in [-0.25, -0.2) is 0 Å². The molecule has 0 fully saturated rings. The van der Waals surface area contributed by atoms with E-state index in [1.54, 1.807) is 12.1 Å². The zero-order valence-electron chi connectivity index (χ0n) is 7.62. The van der Waals surface area contributed by atoms with Crippen molar-refractivity contribution in [3.05, 3.63) is 29.3 Å². The SMILES string of the molecule is N#CCOc1ccc2c(c1)CCC2=O. The number of carbonyl (C=O) groups excluding carboxylic acids is 1. The fraction of sp³-hybridized carbons (Fsp3) is 0.273. The summed E-state index contributed by atoms with van der Waals surface area (Å²) in [5, 5.41) is 8.33. The summed E-state index contributed by atoms with van der Waals surface area (Å²) in [6.07, 6.45) is 1.38. The molecule has 14 heavy (non-hydrogen) atoms. The van der Waals surface area contributed by atoms with Crippen molar-refractivity contribution in [3.8, 4) is 11.8 Å². The van der Waals surface area contributed by atoms with Crippen molar-refractivity contribution in [2.45, 2.75) is 12.8 Å². The first-order chi connectivity index (χ1) is 6.81. The summed E-state index contributed by atoms with van der Waals surface area (Å²) >= 11 is 0. The second-order valence-corrected chi connectivity index (χ2v) is 3.19. The van der Waals surface area contributed by atoms with Crippen LogP contribution < -0.4 is 4.74 Å². The zero-order chi connectivity index (χ0) is 9.97. The van der Waals surface area contributed by atoms with E-state index < -0.39 is 0 Å². The number of fused-ring (bicyclic) bond motifs is 1. The van der Waals surface area contributed by atoms with Crippen LogP contribution in [0.2, 0.25) is 0 Å². The molecule has 0 heterocycles. The van der Waals surface area contributed by atoms with Gasteiger partial charge >= 0.3 is 0 Å². The molecular formula is C11H9NO2. The Morgan fingerprint density at radius 2 is 2.29 bits per heavy atom. The fourth-order valence-corrected chi connectivity index (χ4v) is 1.64. The Balaban J connectivity index is 2.25. The molecule has 0 aromatic heterocycles. The van der Waals surface area contributed by atoms with Gasteiger partial charge in [-0.1, -0.05) is 0 Å². The maximum Gasteiger partial charge on any atom is 0.174 e. The summed E-state index contributed by atoms with van der Waals surface area (Å²) in [5.74, 6) is 0.867. The van der Waals surface area contributed by atoms with Crippen LogP contribution in [0.25, 0.3) is 0 Å². The summed E-state index contributed by atoms with van der Waals surface area (Å²) in [7, 11) is 0. The molecule has 3 nitrogen and oxygen atoms in total. The maximum absolute atomic E-state index is 11.3. The van der Waals surface area contributed by atoms with Gasteiger partial charge in [-0.05, 0) is 30.2 Å². The zero-order valence-corrected chi connectivity index (χ0v) is 7.62. The molecule has 0 N–H and O–H groups in total. The molecule has 0 radical (unpaired) electrons. The molecule has 0 bridgehead atoms. The molecule has 1 aliphatic carbocycles. The van der Waals surface area contributed by atoms with E-state index in [0.717, 1.165) is 17.5 Å². The molecule has 3 heteroatoms. The smallest absolute Gasteiger partial charge is 0.174 e. The molecule has 1 aliphatic rings. The molecule has 0 saturated carbocycles. The van der Waals surface area contributed by atoms with Crippen molar-refractivity contribution in [1.29, 1.82) is 5.26 Å². The van der Waals surface area contributed by atoms with Gasteiger partial charge in [-0.2, -0.15) is 5.26 Å². The molecule has 1 aromatic carbocycles. The molecule has 1 aromatic rings. The number of nitriles is 1. The van der Waals surface area contributed by atoms with Crippen LogP contribution in [0.15, 0.2) is 18.2 Å². The summed E-state index contributed by atoms with van der Waals surface area (Å²) in [4.78, 5) is 11.3. The lowest BCUT2D eigenvalue weighted by Crippen LogP contribution is -1.95. The number of hydrogen-bond donors (Lipinski definition) is 0. The summed E-state index contributed by atoms with van der Waals surface area (Å²) in [6.45, 7) is 0.0483. The number of carbonyl (C=O) groups is 1. The number of ether oxygens (including phenoxy) is 1. The first-order valence-corrected chi connectivity index (χ1v) is 4.47. The van der Waals surface area contributed by atoms with Crippen LogP contribution in [0.4, 0.5) is 0 Å². The number of aryl methyl sites for hydroxylation is 1. The highest BCUT2D eigenvalue weighted by molar-refractivity contribution is 6.00. The highest BCUT2D eigenvalue weighted by atomic mass is 16.5. The predicted molar refractivity (Wildman–Crippen MR) is 50.2 cm³/mol. The molecule has 0 unspecified atom stereocenters. The lowest BCUT2D eigenvalue weighted by Gasteiger charge is -2.03. The van der Waals surface area contributed by atoms with Crippen LogP contribution in [0.5, 0.6) is 5.75 Å². The Hall–Kier alpha value is -1.82. The summed E-state index contributed by atoms with van der Waals surface area (Å²) in [6, 6.07) is 7.26. The van der Waals surface area contributed by atoms with E-state index in [1.807, 2.05) is 12.1 Å². The third kappa shape index (κ3) is 1.47. The molecule has 0 saturated heterocycles. The van der Waals surface area contributed by atoms with Gasteiger partial charge in [0, 0.05) is 12.0 Å². The van der Waals surface area contributed by atoms with E-state index in [4.69, 9.17) is 10.00 Å². The Morgan fingerprint density at radius 1 is 1.43 bits per heavy atom. The molecule has 0 atom stereocenters. The second kappa shape index (κ2) is 3.51. The topological polar surface area (TPSA) is 50.1 Å². The van der Waals surface area contributed by atoms with Gasteiger partial charge in [0.15, 0.2) is 12.4 Å². The van der Waals surface area contributed by atoms with Crippen LogP contribution in [0.1, 0.15) is 22.3 Å². The average molecular weight is 187 g/mol. The van der Waals surface area contributed by atoms with Gasteiger partial charge in [0.05, 0.1) is 0 Å². The molecule has 0 aliphatic heterocycles. The molecule has 2 rings (SSSR count). The standard InChI is InChI=1S/C11H9NO2/c12-5-6-14-9-2-3-10-8(7-9)1-4-11(10)13/h2-3,7H,1,4,6H2. The van der Waals surface area contributed by atoms with E-state index in [9.17, 15) is 4.79 Å². The van der Waals surface area contributed by atoms with Crippen molar-refractivity contribution in [3.63, 3.8) is 0 Å². The largest absolute Gasteiger partial charge is 0.479 e. The van der Waals surface area contributed by atoms with Crippen molar-refractivity contribution in [2.24, 2.45) is 0 Å². The average Bonchev–Trinajstić information content (AvgIpc) is 2.57. The minimum atomic E-state index is 0.0483. The lowest BCUT2D eigenvalue weighted by molar-refractivity contribution is 0.0994. The van der Waals surface area contributed by atoms with Crippen molar-refractivity contribution in [1.82, 2.24) is 0 Å². The highest BCUT2D eigenvalue weighted by Gasteiger charge is 2.19. The first kappa shape index (κ1) is 8.76. The monoisotopic (exact) mass is 187 g/mol. The Morgan fingerprint density at radius 3 is 3.07 bits per heavy atom. The van der Waals surface area contributed by atoms with Crippen LogP contribution in [0, 0.1) is 11.3 Å². The van der Waals surface area contributed by atoms with Gasteiger partial charge in [0.1, 0.15) is 11.8 Å². The lowest BCUT2D eigenvalue weighted by atomic mass is 10.1. The number of rotatable bonds is 2. The highest BCUT2D eigenvalue weighted by Crippen LogP contribution is 2.25. The van der Waals surface area contributed by atoms with Crippen LogP contribution in [-0.4, -0.2) is 12.4 Å². The third-order valence-electron chi connectivity index (χ3n) is 2.30. The van der Waals surface area contributed by atoms with Crippen molar-refractivity contribution in [2.75, 3.05) is 6.61 Å². The van der Waals surface area contributed by atoms with Crippen molar-refractivity contribution >= 4 is 5.78 Å². The summed E-state index contributed by atoms with van der Waals surface area (Å²) in [5.41, 5.74) is 1.83. The molecular weight excluding hydrogens is 178 g/mol. The van der Waals surface area contributed by atoms with E-state index in [-0.39, 0.29) is 12.4 Å². The fourth-order valence-electron chi connectivity index (χ4n) is 1.64. The minimum Gasteiger partial charge on any atom is -0.479 e. The van der Waals surface area contributed by atoms with Gasteiger partial charge in [0.25, 0.3) is 0 Å². The minimum absolute atomic E-state index is 0.0483. The van der Waals surface area contributed by atoms with Gasteiger partial charge in [-0.15, -0.1) is 0 Å². The van der Waals surface area contributed by atoms with Gasteiger partial charge in [0.2, 0.25) is 0 Å². The Bertz CT molecular complexity index is 418. The Kier molecular flexibility index (Phi) is 2.19. The van der Waals surface area contributed by atoms with E-state index in [2.05, 4.69) is 0 Å². The van der Waals surface area contributed by atoms with Crippen molar-refractivity contribution < 1.29 is 9.53 Å². The third-order valence-corrected chi connectivity index (χ3v) is 2.30.